The van der Waals surface area contributed by atoms with Crippen LogP contribution >= 0.6 is 31.9 Å². The zero-order valence-electron chi connectivity index (χ0n) is 14.7. The maximum Gasteiger partial charge on any atom is 0.333 e. The van der Waals surface area contributed by atoms with E-state index in [-0.39, 0.29) is 17.8 Å². The van der Waals surface area contributed by atoms with Crippen molar-refractivity contribution in [2.75, 3.05) is 0 Å². The lowest BCUT2D eigenvalue weighted by molar-refractivity contribution is -0.659. The van der Waals surface area contributed by atoms with Crippen LogP contribution in [0.4, 0.5) is 0 Å². The number of carbonyl (C=O) groups excluding carboxylic acids is 1. The molecular formula is C16H15Br2N6O4+. The highest BCUT2D eigenvalue weighted by Gasteiger charge is 2.21. The fourth-order valence-electron chi connectivity index (χ4n) is 2.63. The molecule has 10 nitrogen and oxygen atoms in total. The Labute approximate surface area is 174 Å². The summed E-state index contributed by atoms with van der Waals surface area (Å²) in [6.07, 6.45) is 2.73. The van der Waals surface area contributed by atoms with Crippen molar-refractivity contribution in [3.63, 3.8) is 0 Å². The molecule has 146 valence electrons. The number of rotatable bonds is 4. The quantitative estimate of drug-likeness (QED) is 0.262. The third-order valence-electron chi connectivity index (χ3n) is 4.05. The summed E-state index contributed by atoms with van der Waals surface area (Å²) in [5.41, 5.74) is 2.25. The van der Waals surface area contributed by atoms with E-state index in [2.05, 4.69) is 47.4 Å². The lowest BCUT2D eigenvalue weighted by atomic mass is 10.2. The van der Waals surface area contributed by atoms with E-state index in [1.807, 2.05) is 0 Å². The number of aromatic amines is 1. The zero-order valence-corrected chi connectivity index (χ0v) is 17.9. The molecule has 2 heterocycles. The van der Waals surface area contributed by atoms with E-state index in [1.54, 1.807) is 12.1 Å². The normalized spacial score (nSPS) is 11.4. The number of imidazole rings is 1. The van der Waals surface area contributed by atoms with Crippen LogP contribution in [-0.2, 0) is 25.4 Å². The maximum absolute atomic E-state index is 12.4. The molecule has 2 aromatic heterocycles. The highest BCUT2D eigenvalue weighted by molar-refractivity contribution is 9.11. The number of hydrazone groups is 1. The minimum Gasteiger partial charge on any atom is -0.506 e. The number of nitrogens with zero attached hydrogens (tertiary/aromatic N) is 4. The van der Waals surface area contributed by atoms with Crippen LogP contribution in [0.5, 0.6) is 5.75 Å². The number of hydrogen-bond donors (Lipinski definition) is 3. The number of carbonyl (C=O) groups is 1. The summed E-state index contributed by atoms with van der Waals surface area (Å²) >= 11 is 6.51. The second kappa shape index (κ2) is 7.72. The van der Waals surface area contributed by atoms with Crippen molar-refractivity contribution in [1.29, 1.82) is 0 Å². The molecule has 0 saturated carbocycles. The number of aromatic nitrogens is 4. The Morgan fingerprint density at radius 2 is 2.04 bits per heavy atom. The number of benzene rings is 1. The molecule has 0 saturated heterocycles. The molecule has 1 amide bonds. The van der Waals surface area contributed by atoms with Gasteiger partial charge in [-0.15, -0.1) is 0 Å². The van der Waals surface area contributed by atoms with Gasteiger partial charge in [0, 0.05) is 24.1 Å². The lowest BCUT2D eigenvalue weighted by Crippen LogP contribution is -2.46. The topological polar surface area (TPSA) is 125 Å². The first kappa shape index (κ1) is 20.0. The monoisotopic (exact) mass is 513 g/mol. The first-order chi connectivity index (χ1) is 13.2. The molecule has 3 N–H and O–H groups in total. The number of nitrogens with one attached hydrogen (secondary N) is 2. The Morgan fingerprint density at radius 3 is 2.75 bits per heavy atom. The molecule has 0 bridgehead atoms. The zero-order chi connectivity index (χ0) is 20.6. The number of aryl methyl sites for hydroxylation is 1. The summed E-state index contributed by atoms with van der Waals surface area (Å²) in [5, 5.41) is 13.8. The summed E-state index contributed by atoms with van der Waals surface area (Å²) < 4.78 is 4.86. The predicted octanol–water partition coefficient (Wildman–Crippen LogP) is 0.234. The molecule has 12 heteroatoms. The largest absolute Gasteiger partial charge is 0.506 e. The van der Waals surface area contributed by atoms with Crippen LogP contribution in [0.25, 0.3) is 11.2 Å². The summed E-state index contributed by atoms with van der Waals surface area (Å²) in [4.78, 5) is 39.3. The molecule has 1 aromatic carbocycles. The first-order valence-corrected chi connectivity index (χ1v) is 9.45. The second-order valence-corrected chi connectivity index (χ2v) is 7.69. The minimum atomic E-state index is -0.514. The molecule has 0 aliphatic rings. The Kier molecular flexibility index (Phi) is 5.52. The van der Waals surface area contributed by atoms with Gasteiger partial charge < -0.3 is 5.11 Å². The average Bonchev–Trinajstić information content (AvgIpc) is 3.05. The summed E-state index contributed by atoms with van der Waals surface area (Å²) in [6, 6.07) is 3.31. The number of hydrogen-bond acceptors (Lipinski definition) is 5. The van der Waals surface area contributed by atoms with Gasteiger partial charge in [0.15, 0.2) is 6.54 Å². The van der Waals surface area contributed by atoms with Gasteiger partial charge in [0.05, 0.1) is 10.7 Å². The van der Waals surface area contributed by atoms with Crippen LogP contribution in [0, 0.1) is 0 Å². The molecule has 0 spiro atoms. The number of aromatic hydroxyl groups is 1. The van der Waals surface area contributed by atoms with Crippen LogP contribution in [0.2, 0.25) is 0 Å². The summed E-state index contributed by atoms with van der Waals surface area (Å²) in [5.74, 6) is -0.511. The summed E-state index contributed by atoms with van der Waals surface area (Å²) in [7, 11) is 2.90. The van der Waals surface area contributed by atoms with Gasteiger partial charge in [-0.1, -0.05) is 15.9 Å². The molecule has 0 fully saturated rings. The van der Waals surface area contributed by atoms with Crippen molar-refractivity contribution in [3.05, 3.63) is 53.8 Å². The van der Waals surface area contributed by atoms with Crippen molar-refractivity contribution in [2.45, 2.75) is 6.54 Å². The molecule has 0 aliphatic carbocycles. The van der Waals surface area contributed by atoms with E-state index < -0.39 is 17.2 Å². The fourth-order valence-corrected chi connectivity index (χ4v) is 3.89. The van der Waals surface area contributed by atoms with Crippen LogP contribution in [-0.4, -0.2) is 31.3 Å². The molecule has 0 unspecified atom stereocenters. The van der Waals surface area contributed by atoms with Gasteiger partial charge in [-0.25, -0.2) is 19.8 Å². The SMILES string of the molecule is Cn1c(=O)c2c([nH]c[n+]2CC(=O)NN=Cc2cc(Br)cc(Br)c2O)n(C)c1=O. The van der Waals surface area contributed by atoms with Crippen molar-refractivity contribution in [2.24, 2.45) is 19.2 Å². The minimum absolute atomic E-state index is 0.0170. The maximum atomic E-state index is 12.4. The Balaban J connectivity index is 1.81. The van der Waals surface area contributed by atoms with Crippen LogP contribution in [0.3, 0.4) is 0 Å². The predicted molar refractivity (Wildman–Crippen MR) is 108 cm³/mol. The highest BCUT2D eigenvalue weighted by atomic mass is 79.9. The van der Waals surface area contributed by atoms with E-state index in [9.17, 15) is 19.5 Å². The molecule has 0 radical (unpaired) electrons. The molecular weight excluding hydrogens is 500 g/mol. The van der Waals surface area contributed by atoms with Gasteiger partial charge in [0.1, 0.15) is 5.75 Å². The van der Waals surface area contributed by atoms with Gasteiger partial charge in [0.25, 0.3) is 17.1 Å². The van der Waals surface area contributed by atoms with E-state index in [0.717, 1.165) is 9.04 Å². The molecule has 0 atom stereocenters. The van der Waals surface area contributed by atoms with Crippen molar-refractivity contribution < 1.29 is 14.5 Å². The number of H-pyrrole nitrogens is 1. The lowest BCUT2D eigenvalue weighted by Gasteiger charge is -2.03. The standard InChI is InChI=1S/C16H14Br2N6O4/c1-22-14-12(15(27)23(2)16(22)28)24(7-19-14)6-11(25)21-20-5-8-3-9(17)4-10(18)13(8)26/h3-5,7H,6H2,1-2H3,(H2,20,21,25,26)/p+1. The van der Waals surface area contributed by atoms with E-state index >= 15 is 0 Å². The van der Waals surface area contributed by atoms with Crippen molar-refractivity contribution in [3.8, 4) is 5.75 Å². The Hall–Kier alpha value is -2.73. The Morgan fingerprint density at radius 1 is 1.32 bits per heavy atom. The smallest absolute Gasteiger partial charge is 0.333 e. The fraction of sp³-hybridized carbons (Fsp3) is 0.188. The number of fused-ring (bicyclic) bond motifs is 1. The van der Waals surface area contributed by atoms with Crippen LogP contribution in [0.15, 0.2) is 42.1 Å². The van der Waals surface area contributed by atoms with E-state index in [4.69, 9.17) is 0 Å². The van der Waals surface area contributed by atoms with Gasteiger partial charge in [0.2, 0.25) is 6.33 Å². The number of phenolic OH excluding ortho intramolecular Hbond substituents is 1. The first-order valence-electron chi connectivity index (χ1n) is 7.87. The number of phenols is 1. The van der Waals surface area contributed by atoms with Gasteiger partial charge >= 0.3 is 11.2 Å². The van der Waals surface area contributed by atoms with Gasteiger partial charge in [-0.2, -0.15) is 5.10 Å². The molecule has 28 heavy (non-hydrogen) atoms. The van der Waals surface area contributed by atoms with Gasteiger partial charge in [-0.05, 0) is 28.1 Å². The van der Waals surface area contributed by atoms with Crippen molar-refractivity contribution >= 4 is 55.1 Å². The molecule has 3 rings (SSSR count). The van der Waals surface area contributed by atoms with Gasteiger partial charge in [-0.3, -0.25) is 18.7 Å². The third-order valence-corrected chi connectivity index (χ3v) is 5.11. The highest BCUT2D eigenvalue weighted by Crippen LogP contribution is 2.30. The van der Waals surface area contributed by atoms with Crippen LogP contribution in [0.1, 0.15) is 5.56 Å². The summed E-state index contributed by atoms with van der Waals surface area (Å²) in [6.45, 7) is -0.195. The average molecular weight is 515 g/mol. The van der Waals surface area contributed by atoms with Crippen molar-refractivity contribution in [1.82, 2.24) is 19.5 Å². The number of halogens is 2. The second-order valence-electron chi connectivity index (χ2n) is 5.92. The Bertz CT molecular complexity index is 1240. The van der Waals surface area contributed by atoms with Crippen LogP contribution < -0.4 is 21.2 Å². The van der Waals surface area contributed by atoms with E-state index in [0.29, 0.717) is 15.7 Å². The van der Waals surface area contributed by atoms with E-state index in [1.165, 1.54) is 35.8 Å². The molecule has 3 aromatic rings. The number of amides is 1. The third kappa shape index (κ3) is 3.64. The molecule has 0 aliphatic heterocycles.